The summed E-state index contributed by atoms with van der Waals surface area (Å²) < 4.78 is 6.86. The van der Waals surface area contributed by atoms with Crippen molar-refractivity contribution in [2.24, 2.45) is 24.8 Å². The van der Waals surface area contributed by atoms with Crippen LogP contribution in [0.3, 0.4) is 0 Å². The highest BCUT2D eigenvalue weighted by molar-refractivity contribution is 5.17. The molecular weight excluding hydrogens is 228 g/mol. The van der Waals surface area contributed by atoms with E-state index in [4.69, 9.17) is 4.74 Å². The molecule has 0 radical (unpaired) electrons. The van der Waals surface area contributed by atoms with Gasteiger partial charge >= 0.3 is 0 Å². The number of fused-ring (bicyclic) bond motifs is 2. The Kier molecular flexibility index (Phi) is 3.06. The average Bonchev–Trinajstić information content (AvgIpc) is 3.03. The van der Waals surface area contributed by atoms with Gasteiger partial charge in [-0.25, -0.2) is 4.68 Å². The predicted octanol–water partition coefficient (Wildman–Crippen LogP) is 2.29. The van der Waals surface area contributed by atoms with Crippen molar-refractivity contribution in [1.29, 1.82) is 0 Å². The molecule has 100 valence electrons. The zero-order valence-electron chi connectivity index (χ0n) is 11.2. The number of ether oxygens (including phenoxy) is 1. The molecule has 0 spiro atoms. The number of methoxy groups -OCH3 is 1. The van der Waals surface area contributed by atoms with Crippen LogP contribution >= 0.6 is 0 Å². The molecule has 1 heterocycles. The Hall–Kier alpha value is -1.03. The van der Waals surface area contributed by atoms with Gasteiger partial charge < -0.3 is 9.84 Å². The fourth-order valence-corrected chi connectivity index (χ4v) is 3.90. The first kappa shape index (κ1) is 12.0. The predicted molar refractivity (Wildman–Crippen MR) is 68.3 cm³/mol. The van der Waals surface area contributed by atoms with E-state index < -0.39 is 6.10 Å². The van der Waals surface area contributed by atoms with Gasteiger partial charge in [-0.2, -0.15) is 5.10 Å². The Balaban J connectivity index is 1.65. The van der Waals surface area contributed by atoms with Gasteiger partial charge in [-0.15, -0.1) is 0 Å². The summed E-state index contributed by atoms with van der Waals surface area (Å²) in [5.74, 6) is 3.20. The zero-order chi connectivity index (χ0) is 12.7. The second-order valence-electron chi connectivity index (χ2n) is 5.92. The van der Waals surface area contributed by atoms with E-state index in [1.165, 1.54) is 25.7 Å². The Bertz CT molecular complexity index is 429. The minimum absolute atomic E-state index is 0.440. The molecule has 4 nitrogen and oxygen atoms in total. The molecule has 18 heavy (non-hydrogen) atoms. The Morgan fingerprint density at radius 3 is 2.89 bits per heavy atom. The van der Waals surface area contributed by atoms with Crippen LogP contribution in [0.5, 0.6) is 5.88 Å². The zero-order valence-corrected chi connectivity index (χ0v) is 11.2. The number of aliphatic hydroxyl groups is 1. The van der Waals surface area contributed by atoms with E-state index in [1.54, 1.807) is 11.8 Å². The first-order chi connectivity index (χ1) is 8.67. The molecule has 4 heteroatoms. The molecule has 3 rings (SSSR count). The summed E-state index contributed by atoms with van der Waals surface area (Å²) in [6.45, 7) is 0. The van der Waals surface area contributed by atoms with Crippen LogP contribution < -0.4 is 4.74 Å². The van der Waals surface area contributed by atoms with Crippen molar-refractivity contribution < 1.29 is 9.84 Å². The van der Waals surface area contributed by atoms with Crippen LogP contribution in [0.4, 0.5) is 0 Å². The van der Waals surface area contributed by atoms with E-state index in [9.17, 15) is 5.11 Å². The first-order valence-corrected chi connectivity index (χ1v) is 6.93. The third-order valence-electron chi connectivity index (χ3n) is 4.82. The molecule has 1 N–H and O–H groups in total. The largest absolute Gasteiger partial charge is 0.481 e. The normalized spacial score (nSPS) is 31.8. The summed E-state index contributed by atoms with van der Waals surface area (Å²) in [6.07, 6.45) is 5.91. The van der Waals surface area contributed by atoms with Gasteiger partial charge in [-0.1, -0.05) is 6.42 Å². The Morgan fingerprint density at radius 2 is 2.33 bits per heavy atom. The molecule has 0 amide bonds. The molecular formula is C14H22N2O2. The van der Waals surface area contributed by atoms with E-state index in [2.05, 4.69) is 5.10 Å². The van der Waals surface area contributed by atoms with Gasteiger partial charge in [0.2, 0.25) is 5.88 Å². The van der Waals surface area contributed by atoms with E-state index in [0.29, 0.717) is 11.8 Å². The lowest BCUT2D eigenvalue weighted by Gasteiger charge is -2.23. The Morgan fingerprint density at radius 1 is 1.50 bits per heavy atom. The van der Waals surface area contributed by atoms with Crippen LogP contribution in [0.25, 0.3) is 0 Å². The maximum atomic E-state index is 10.3. The van der Waals surface area contributed by atoms with Gasteiger partial charge in [0.25, 0.3) is 0 Å². The third-order valence-corrected chi connectivity index (χ3v) is 4.82. The highest BCUT2D eigenvalue weighted by Crippen LogP contribution is 2.50. The van der Waals surface area contributed by atoms with Crippen LogP contribution in [0, 0.1) is 17.8 Å². The van der Waals surface area contributed by atoms with E-state index >= 15 is 0 Å². The average molecular weight is 250 g/mol. The summed E-state index contributed by atoms with van der Waals surface area (Å²) in [5, 5.41) is 14.6. The summed E-state index contributed by atoms with van der Waals surface area (Å²) in [5.41, 5.74) is 0.747. The first-order valence-electron chi connectivity index (χ1n) is 6.93. The molecule has 4 unspecified atom stereocenters. The highest BCUT2D eigenvalue weighted by atomic mass is 16.5. The summed E-state index contributed by atoms with van der Waals surface area (Å²) in [6, 6.07) is 1.85. The SMILES string of the molecule is COc1cc(C(O)CC2CC3CCC2C3)nn1C. The number of hydrogen-bond acceptors (Lipinski definition) is 3. The molecule has 1 aromatic heterocycles. The lowest BCUT2D eigenvalue weighted by atomic mass is 9.84. The monoisotopic (exact) mass is 250 g/mol. The molecule has 2 aliphatic rings. The minimum Gasteiger partial charge on any atom is -0.481 e. The molecule has 1 aromatic rings. The minimum atomic E-state index is -0.440. The standard InChI is InChI=1S/C14H22N2O2/c1-16-14(18-2)8-12(15-16)13(17)7-11-6-9-3-4-10(11)5-9/h8-11,13,17H,3-7H2,1-2H3. The maximum Gasteiger partial charge on any atom is 0.211 e. The van der Waals surface area contributed by atoms with Gasteiger partial charge in [0.05, 0.1) is 18.9 Å². The summed E-state index contributed by atoms with van der Waals surface area (Å²) in [4.78, 5) is 0. The van der Waals surface area contributed by atoms with Crippen LogP contribution in [0.15, 0.2) is 6.07 Å². The second kappa shape index (κ2) is 4.57. The van der Waals surface area contributed by atoms with Crippen LogP contribution in [0.1, 0.15) is 43.9 Å². The topological polar surface area (TPSA) is 47.3 Å². The molecule has 2 fully saturated rings. The number of aliphatic hydroxyl groups excluding tert-OH is 1. The van der Waals surface area contributed by atoms with Gasteiger partial charge in [0.1, 0.15) is 0 Å². The molecule has 0 aromatic carbocycles. The molecule has 2 bridgehead atoms. The quantitative estimate of drug-likeness (QED) is 0.892. The van der Waals surface area contributed by atoms with Crippen molar-refractivity contribution in [3.05, 3.63) is 11.8 Å². The number of nitrogens with zero attached hydrogens (tertiary/aromatic N) is 2. The summed E-state index contributed by atoms with van der Waals surface area (Å²) in [7, 11) is 3.47. The van der Waals surface area contributed by atoms with E-state index in [-0.39, 0.29) is 0 Å². The molecule has 0 aliphatic heterocycles. The lowest BCUT2D eigenvalue weighted by Crippen LogP contribution is -2.14. The van der Waals surface area contributed by atoms with Crippen molar-refractivity contribution >= 4 is 0 Å². The fourth-order valence-electron chi connectivity index (χ4n) is 3.90. The Labute approximate surface area is 108 Å². The van der Waals surface area contributed by atoms with Crippen molar-refractivity contribution in [3.63, 3.8) is 0 Å². The highest BCUT2D eigenvalue weighted by Gasteiger charge is 2.40. The van der Waals surface area contributed by atoms with Crippen molar-refractivity contribution in [3.8, 4) is 5.88 Å². The van der Waals surface area contributed by atoms with Crippen molar-refractivity contribution in [1.82, 2.24) is 9.78 Å². The van der Waals surface area contributed by atoms with Gasteiger partial charge in [-0.05, 0) is 43.4 Å². The molecule has 4 atom stereocenters. The van der Waals surface area contributed by atoms with Gasteiger partial charge in [0.15, 0.2) is 0 Å². The molecule has 2 aliphatic carbocycles. The van der Waals surface area contributed by atoms with Crippen molar-refractivity contribution in [2.75, 3.05) is 7.11 Å². The number of hydrogen-bond donors (Lipinski definition) is 1. The molecule has 2 saturated carbocycles. The fraction of sp³-hybridized carbons (Fsp3) is 0.786. The van der Waals surface area contributed by atoms with E-state index in [1.807, 2.05) is 13.1 Å². The second-order valence-corrected chi connectivity index (χ2v) is 5.92. The number of aryl methyl sites for hydroxylation is 1. The van der Waals surface area contributed by atoms with Crippen molar-refractivity contribution in [2.45, 2.75) is 38.2 Å². The molecule has 0 saturated heterocycles. The third kappa shape index (κ3) is 2.03. The van der Waals surface area contributed by atoms with Gasteiger partial charge in [-0.3, -0.25) is 0 Å². The van der Waals surface area contributed by atoms with Crippen LogP contribution in [-0.2, 0) is 7.05 Å². The smallest absolute Gasteiger partial charge is 0.211 e. The lowest BCUT2D eigenvalue weighted by molar-refractivity contribution is 0.121. The number of rotatable bonds is 4. The number of aromatic nitrogens is 2. The maximum absolute atomic E-state index is 10.3. The summed E-state index contributed by atoms with van der Waals surface area (Å²) >= 11 is 0. The van der Waals surface area contributed by atoms with Crippen LogP contribution in [0.2, 0.25) is 0 Å². The van der Waals surface area contributed by atoms with E-state index in [0.717, 1.165) is 24.0 Å². The van der Waals surface area contributed by atoms with Crippen LogP contribution in [-0.4, -0.2) is 22.0 Å². The van der Waals surface area contributed by atoms with Gasteiger partial charge in [0, 0.05) is 13.1 Å².